The van der Waals surface area contributed by atoms with Crippen LogP contribution in [-0.2, 0) is 53.0 Å². The molecule has 0 aliphatic carbocycles. The predicted octanol–water partition coefficient (Wildman–Crippen LogP) is 6.72. The van der Waals surface area contributed by atoms with Crippen molar-refractivity contribution in [2.24, 2.45) is 0 Å². The number of ether oxygens (including phenoxy) is 7. The molecule has 0 amide bonds. The van der Waals surface area contributed by atoms with E-state index in [-0.39, 0.29) is 19.0 Å². The lowest BCUT2D eigenvalue weighted by Gasteiger charge is -2.32. The van der Waals surface area contributed by atoms with Gasteiger partial charge in [-0.2, -0.15) is 0 Å². The fraction of sp³-hybridized carbons (Fsp3) is 0.400. The van der Waals surface area contributed by atoms with Crippen molar-refractivity contribution < 1.29 is 38.0 Å². The number of hydrogen-bond acceptors (Lipinski definition) is 8. The van der Waals surface area contributed by atoms with E-state index in [2.05, 4.69) is 0 Å². The second kappa shape index (κ2) is 16.8. The van der Waals surface area contributed by atoms with Crippen molar-refractivity contribution >= 4 is 5.97 Å². The molecule has 1 aliphatic rings. The Balaban J connectivity index is 1.41. The topological polar surface area (TPSA) is 81.7 Å². The van der Waals surface area contributed by atoms with Gasteiger partial charge in [-0.05, 0) is 35.2 Å². The summed E-state index contributed by atoms with van der Waals surface area (Å²) in [4.78, 5) is 12.2. The number of methoxy groups -OCH3 is 1. The molecule has 0 radical (unpaired) electrons. The summed E-state index contributed by atoms with van der Waals surface area (Å²) in [5.74, 6) is -0.193. The minimum absolute atomic E-state index is 0.0797. The Morgan fingerprint density at radius 3 is 1.98 bits per heavy atom. The van der Waals surface area contributed by atoms with Gasteiger partial charge in [0.15, 0.2) is 0 Å². The Morgan fingerprint density at radius 2 is 1.35 bits per heavy atom. The quantitative estimate of drug-likeness (QED) is 0.0918. The van der Waals surface area contributed by atoms with E-state index in [0.29, 0.717) is 51.4 Å². The molecule has 2 atom stereocenters. The molecule has 43 heavy (non-hydrogen) atoms. The summed E-state index contributed by atoms with van der Waals surface area (Å²) in [6, 6.07) is 27.8. The van der Waals surface area contributed by atoms with Gasteiger partial charge < -0.3 is 33.2 Å². The summed E-state index contributed by atoms with van der Waals surface area (Å²) < 4.78 is 41.0. The second-order valence-corrected chi connectivity index (χ2v) is 10.8. The van der Waals surface area contributed by atoms with Crippen LogP contribution in [0.3, 0.4) is 0 Å². The van der Waals surface area contributed by atoms with E-state index in [1.165, 1.54) is 6.08 Å². The molecule has 0 spiro atoms. The fourth-order valence-corrected chi connectivity index (χ4v) is 4.66. The van der Waals surface area contributed by atoms with E-state index in [1.807, 2.05) is 84.9 Å². The first-order chi connectivity index (χ1) is 20.9. The first-order valence-corrected chi connectivity index (χ1v) is 14.6. The molecule has 3 aromatic carbocycles. The highest BCUT2D eigenvalue weighted by atomic mass is 16.7. The monoisotopic (exact) mass is 590 g/mol. The van der Waals surface area contributed by atoms with Gasteiger partial charge in [0.05, 0.1) is 45.2 Å². The molecule has 0 fully saturated rings. The zero-order valence-corrected chi connectivity index (χ0v) is 25.2. The van der Waals surface area contributed by atoms with E-state index in [1.54, 1.807) is 21.0 Å². The Kier molecular flexibility index (Phi) is 12.6. The van der Waals surface area contributed by atoms with Crippen molar-refractivity contribution in [3.8, 4) is 5.75 Å². The van der Waals surface area contributed by atoms with Crippen LogP contribution in [0.5, 0.6) is 5.75 Å². The Bertz CT molecular complexity index is 1260. The van der Waals surface area contributed by atoms with Crippen molar-refractivity contribution in [2.75, 3.05) is 20.5 Å². The number of carbonyl (C=O) groups is 1. The molecule has 0 saturated carbocycles. The van der Waals surface area contributed by atoms with Crippen LogP contribution in [-0.4, -0.2) is 44.5 Å². The minimum Gasteiger partial charge on any atom is -0.497 e. The second-order valence-electron chi connectivity index (χ2n) is 10.8. The standard InChI is InChI=1S/C35H42O8/c1-35(2)42-33(22-34(36)43-35)21-32(41-26-39-24-28-12-8-5-9-13-28)20-31(18-19-38-23-27-10-6-4-7-11-27)40-25-29-14-16-30(37-3)17-15-29/h4-17,22,31-32H,18-21,23-26H2,1-3H3/t31-,32-/m0/s1. The van der Waals surface area contributed by atoms with Crippen molar-refractivity contribution in [1.29, 1.82) is 0 Å². The van der Waals surface area contributed by atoms with Gasteiger partial charge in [-0.1, -0.05) is 72.8 Å². The van der Waals surface area contributed by atoms with Gasteiger partial charge in [0.2, 0.25) is 5.79 Å². The third kappa shape index (κ3) is 11.8. The third-order valence-corrected chi connectivity index (χ3v) is 6.80. The lowest BCUT2D eigenvalue weighted by molar-refractivity contribution is -0.208. The maximum Gasteiger partial charge on any atom is 0.337 e. The van der Waals surface area contributed by atoms with E-state index in [9.17, 15) is 4.79 Å². The SMILES string of the molecule is COc1ccc(CO[C@@H](CCOCc2ccccc2)C[C@@H](CC2=CC(=O)OC(C)(C)O2)OCOCc2ccccc2)cc1. The number of hydrogen-bond donors (Lipinski definition) is 0. The number of carbonyl (C=O) groups excluding carboxylic acids is 1. The zero-order chi connectivity index (χ0) is 30.3. The van der Waals surface area contributed by atoms with Crippen LogP contribution in [0, 0.1) is 0 Å². The molecule has 1 heterocycles. The lowest BCUT2D eigenvalue weighted by Crippen LogP contribution is -2.36. The molecule has 0 N–H and O–H groups in total. The normalized spacial score (nSPS) is 15.6. The number of rotatable bonds is 18. The predicted molar refractivity (Wildman–Crippen MR) is 162 cm³/mol. The molecule has 8 heteroatoms. The number of cyclic esters (lactones) is 1. The first-order valence-electron chi connectivity index (χ1n) is 14.6. The molecule has 230 valence electrons. The highest BCUT2D eigenvalue weighted by Gasteiger charge is 2.32. The maximum absolute atomic E-state index is 12.2. The van der Waals surface area contributed by atoms with Crippen LogP contribution in [0.4, 0.5) is 0 Å². The van der Waals surface area contributed by atoms with Gasteiger partial charge in [0.1, 0.15) is 18.3 Å². The highest BCUT2D eigenvalue weighted by Crippen LogP contribution is 2.27. The first kappa shape index (κ1) is 32.2. The third-order valence-electron chi connectivity index (χ3n) is 6.80. The molecule has 3 aromatic rings. The van der Waals surface area contributed by atoms with E-state index in [0.717, 1.165) is 22.4 Å². The summed E-state index contributed by atoms with van der Waals surface area (Å²) in [6.07, 6.45) is 2.39. The highest BCUT2D eigenvalue weighted by molar-refractivity contribution is 5.83. The average Bonchev–Trinajstić information content (AvgIpc) is 3.00. The molecular formula is C35H42O8. The minimum atomic E-state index is -1.05. The van der Waals surface area contributed by atoms with Crippen molar-refractivity contribution in [3.63, 3.8) is 0 Å². The molecule has 0 aromatic heterocycles. The van der Waals surface area contributed by atoms with Gasteiger partial charge in [-0.3, -0.25) is 0 Å². The lowest BCUT2D eigenvalue weighted by atomic mass is 10.0. The van der Waals surface area contributed by atoms with E-state index in [4.69, 9.17) is 33.2 Å². The number of benzene rings is 3. The maximum atomic E-state index is 12.2. The fourth-order valence-electron chi connectivity index (χ4n) is 4.66. The van der Waals surface area contributed by atoms with Crippen LogP contribution < -0.4 is 4.74 Å². The van der Waals surface area contributed by atoms with Gasteiger partial charge in [0.25, 0.3) is 0 Å². The molecule has 4 rings (SSSR count). The number of esters is 1. The summed E-state index contributed by atoms with van der Waals surface area (Å²) >= 11 is 0. The molecule has 1 aliphatic heterocycles. The van der Waals surface area contributed by atoms with E-state index < -0.39 is 11.8 Å². The van der Waals surface area contributed by atoms with Crippen LogP contribution in [0.1, 0.15) is 49.8 Å². The molecular weight excluding hydrogens is 548 g/mol. The average molecular weight is 591 g/mol. The van der Waals surface area contributed by atoms with Crippen LogP contribution in [0.15, 0.2) is 96.8 Å². The van der Waals surface area contributed by atoms with Gasteiger partial charge in [0, 0.05) is 33.3 Å². The van der Waals surface area contributed by atoms with Gasteiger partial charge in [-0.15, -0.1) is 0 Å². The zero-order valence-electron chi connectivity index (χ0n) is 25.2. The molecule has 8 nitrogen and oxygen atoms in total. The molecule has 0 bridgehead atoms. The van der Waals surface area contributed by atoms with Crippen molar-refractivity contribution in [1.82, 2.24) is 0 Å². The Morgan fingerprint density at radius 1 is 0.721 bits per heavy atom. The summed E-state index contributed by atoms with van der Waals surface area (Å²) in [7, 11) is 1.65. The smallest absolute Gasteiger partial charge is 0.337 e. The van der Waals surface area contributed by atoms with Crippen molar-refractivity contribution in [3.05, 3.63) is 113 Å². The summed E-state index contributed by atoms with van der Waals surface area (Å²) in [6.45, 7) is 5.38. The van der Waals surface area contributed by atoms with Crippen molar-refractivity contribution in [2.45, 2.75) is 70.9 Å². The van der Waals surface area contributed by atoms with Crippen LogP contribution >= 0.6 is 0 Å². The van der Waals surface area contributed by atoms with Crippen LogP contribution in [0.25, 0.3) is 0 Å². The van der Waals surface area contributed by atoms with Gasteiger partial charge in [-0.25, -0.2) is 4.79 Å². The Labute approximate surface area is 254 Å². The van der Waals surface area contributed by atoms with Crippen LogP contribution in [0.2, 0.25) is 0 Å². The Hall–Kier alpha value is -3.69. The van der Waals surface area contributed by atoms with E-state index >= 15 is 0 Å². The summed E-state index contributed by atoms with van der Waals surface area (Å²) in [5.41, 5.74) is 3.20. The molecule has 0 saturated heterocycles. The summed E-state index contributed by atoms with van der Waals surface area (Å²) in [5, 5.41) is 0. The largest absolute Gasteiger partial charge is 0.497 e. The molecule has 0 unspecified atom stereocenters. The van der Waals surface area contributed by atoms with Gasteiger partial charge >= 0.3 is 5.97 Å².